The lowest BCUT2D eigenvalue weighted by Crippen LogP contribution is -2.45. The largest absolute Gasteiger partial charge is 0.492 e. The van der Waals surface area contributed by atoms with E-state index in [1.807, 2.05) is 24.3 Å². The van der Waals surface area contributed by atoms with Crippen LogP contribution < -0.4 is 28.4 Å². The van der Waals surface area contributed by atoms with Gasteiger partial charge in [-0.15, -0.1) is 0 Å². The van der Waals surface area contributed by atoms with E-state index in [-0.39, 0.29) is 12.0 Å². The standard InChI is InChI=1S/C30H40N2O6/c1-8-19(2)30(18-31,29-37-23-13-9-10-14-24(23)38-29)15-11-12-20-16-21-22(17-32(20)3)26(34-5)28(36-7)27(35-6)25(21)33-4/h9-10,13-14,19-20,29H,8,11-12,15-17H2,1-7H3. The van der Waals surface area contributed by atoms with Crippen molar-refractivity contribution in [2.24, 2.45) is 11.3 Å². The lowest BCUT2D eigenvalue weighted by molar-refractivity contribution is -0.0698. The third-order valence-electron chi connectivity index (χ3n) is 8.38. The molecule has 4 rings (SSSR count). The Bertz CT molecular complexity index is 1150. The summed E-state index contributed by atoms with van der Waals surface area (Å²) < 4.78 is 35.3. The number of methoxy groups -OCH3 is 4. The minimum Gasteiger partial charge on any atom is -0.492 e. The highest BCUT2D eigenvalue weighted by Crippen LogP contribution is 2.52. The van der Waals surface area contributed by atoms with E-state index in [0.29, 0.717) is 47.5 Å². The van der Waals surface area contributed by atoms with Crippen LogP contribution in [0.5, 0.6) is 34.5 Å². The first-order chi connectivity index (χ1) is 18.4. The van der Waals surface area contributed by atoms with Gasteiger partial charge < -0.3 is 28.4 Å². The number of para-hydroxylation sites is 2. The van der Waals surface area contributed by atoms with Crippen molar-refractivity contribution < 1.29 is 28.4 Å². The molecule has 0 spiro atoms. The van der Waals surface area contributed by atoms with Crippen molar-refractivity contribution in [3.8, 4) is 40.6 Å². The number of fused-ring (bicyclic) bond motifs is 2. The number of likely N-dealkylation sites (N-methyl/N-ethyl adjacent to an activating group) is 1. The molecule has 0 bridgehead atoms. The summed E-state index contributed by atoms with van der Waals surface area (Å²) in [6.45, 7) is 4.93. The Hall–Kier alpha value is -3.31. The molecule has 0 aromatic heterocycles. The molecule has 38 heavy (non-hydrogen) atoms. The van der Waals surface area contributed by atoms with Gasteiger partial charge in [-0.3, -0.25) is 4.90 Å². The first kappa shape index (κ1) is 27.7. The van der Waals surface area contributed by atoms with E-state index < -0.39 is 11.7 Å². The molecule has 2 heterocycles. The topological polar surface area (TPSA) is 82.4 Å². The maximum atomic E-state index is 10.5. The van der Waals surface area contributed by atoms with Crippen LogP contribution in [0.4, 0.5) is 0 Å². The predicted molar refractivity (Wildman–Crippen MR) is 144 cm³/mol. The smallest absolute Gasteiger partial charge is 0.260 e. The van der Waals surface area contributed by atoms with Crippen molar-refractivity contribution >= 4 is 0 Å². The molecule has 8 heteroatoms. The molecule has 3 unspecified atom stereocenters. The minimum absolute atomic E-state index is 0.109. The van der Waals surface area contributed by atoms with Gasteiger partial charge in [0.1, 0.15) is 5.41 Å². The maximum Gasteiger partial charge on any atom is 0.260 e. The Morgan fingerprint density at radius 2 is 1.53 bits per heavy atom. The summed E-state index contributed by atoms with van der Waals surface area (Å²) in [7, 11) is 8.65. The zero-order valence-electron chi connectivity index (χ0n) is 23.6. The van der Waals surface area contributed by atoms with Gasteiger partial charge in [-0.1, -0.05) is 32.4 Å². The average molecular weight is 525 g/mol. The second kappa shape index (κ2) is 11.6. The van der Waals surface area contributed by atoms with Crippen molar-refractivity contribution in [2.75, 3.05) is 35.5 Å². The predicted octanol–water partition coefficient (Wildman–Crippen LogP) is 5.60. The Morgan fingerprint density at radius 1 is 0.974 bits per heavy atom. The third kappa shape index (κ3) is 4.69. The van der Waals surface area contributed by atoms with E-state index in [0.717, 1.165) is 36.8 Å². The van der Waals surface area contributed by atoms with E-state index in [4.69, 9.17) is 28.4 Å². The van der Waals surface area contributed by atoms with Gasteiger partial charge in [0, 0.05) is 23.7 Å². The SMILES string of the molecule is CCC(C)C(C#N)(CCCC1Cc2c(c(OC)c(OC)c(OC)c2OC)CN1C)C1Oc2ccccc2O1. The van der Waals surface area contributed by atoms with Crippen LogP contribution in [0.1, 0.15) is 50.7 Å². The van der Waals surface area contributed by atoms with Gasteiger partial charge in [0.05, 0.1) is 34.5 Å². The molecule has 0 saturated heterocycles. The van der Waals surface area contributed by atoms with Gasteiger partial charge in [0.25, 0.3) is 6.29 Å². The molecule has 2 aliphatic rings. The summed E-state index contributed by atoms with van der Waals surface area (Å²) in [5.41, 5.74) is 1.38. The second-order valence-electron chi connectivity index (χ2n) is 10.2. The number of benzene rings is 2. The van der Waals surface area contributed by atoms with E-state index in [1.165, 1.54) is 0 Å². The number of rotatable bonds is 11. The van der Waals surface area contributed by atoms with Crippen LogP contribution in [0.15, 0.2) is 24.3 Å². The van der Waals surface area contributed by atoms with Gasteiger partial charge in [-0.05, 0) is 50.8 Å². The maximum absolute atomic E-state index is 10.5. The van der Waals surface area contributed by atoms with Crippen LogP contribution in [0.3, 0.4) is 0 Å². The lowest BCUT2D eigenvalue weighted by atomic mass is 9.71. The van der Waals surface area contributed by atoms with Gasteiger partial charge in [0.2, 0.25) is 11.5 Å². The van der Waals surface area contributed by atoms with Crippen molar-refractivity contribution in [2.45, 2.75) is 64.8 Å². The van der Waals surface area contributed by atoms with E-state index in [9.17, 15) is 5.26 Å². The van der Waals surface area contributed by atoms with Crippen LogP contribution in [0.25, 0.3) is 0 Å². The molecule has 0 fully saturated rings. The number of nitrogens with zero attached hydrogens (tertiary/aromatic N) is 2. The molecule has 2 aliphatic heterocycles. The summed E-state index contributed by atoms with van der Waals surface area (Å²) in [6.07, 6.45) is 3.47. The highest BCUT2D eigenvalue weighted by Gasteiger charge is 2.49. The summed E-state index contributed by atoms with van der Waals surface area (Å²) >= 11 is 0. The van der Waals surface area contributed by atoms with E-state index >= 15 is 0 Å². The first-order valence-electron chi connectivity index (χ1n) is 13.3. The summed E-state index contributed by atoms with van der Waals surface area (Å²) in [4.78, 5) is 2.34. The lowest BCUT2D eigenvalue weighted by Gasteiger charge is -2.38. The van der Waals surface area contributed by atoms with Crippen molar-refractivity contribution in [1.82, 2.24) is 4.90 Å². The second-order valence-corrected chi connectivity index (χ2v) is 10.2. The Balaban J connectivity index is 1.55. The molecule has 8 nitrogen and oxygen atoms in total. The van der Waals surface area contributed by atoms with Gasteiger partial charge in [0.15, 0.2) is 23.0 Å². The van der Waals surface area contributed by atoms with Gasteiger partial charge in [-0.25, -0.2) is 0 Å². The zero-order chi connectivity index (χ0) is 27.4. The number of ether oxygens (including phenoxy) is 6. The van der Waals surface area contributed by atoms with Crippen LogP contribution in [0.2, 0.25) is 0 Å². The normalized spacial score (nSPS) is 19.2. The fourth-order valence-electron chi connectivity index (χ4n) is 5.95. The Labute approximate surface area is 226 Å². The highest BCUT2D eigenvalue weighted by molar-refractivity contribution is 5.67. The van der Waals surface area contributed by atoms with Crippen LogP contribution in [-0.4, -0.2) is 52.7 Å². The monoisotopic (exact) mass is 524 g/mol. The van der Waals surface area contributed by atoms with Crippen LogP contribution in [-0.2, 0) is 13.0 Å². The summed E-state index contributed by atoms with van der Waals surface area (Å²) in [5, 5.41) is 10.5. The highest BCUT2D eigenvalue weighted by atomic mass is 16.7. The van der Waals surface area contributed by atoms with Crippen LogP contribution >= 0.6 is 0 Å². The molecular weight excluding hydrogens is 484 g/mol. The molecule has 2 aromatic rings. The zero-order valence-corrected chi connectivity index (χ0v) is 23.6. The summed E-state index contributed by atoms with van der Waals surface area (Å²) in [6, 6.07) is 10.5. The van der Waals surface area contributed by atoms with Gasteiger partial charge >= 0.3 is 0 Å². The van der Waals surface area contributed by atoms with Crippen molar-refractivity contribution in [3.63, 3.8) is 0 Å². The molecule has 0 amide bonds. The molecule has 3 atom stereocenters. The average Bonchev–Trinajstić information content (AvgIpc) is 3.38. The summed E-state index contributed by atoms with van der Waals surface area (Å²) in [5.74, 6) is 3.98. The number of nitriles is 1. The van der Waals surface area contributed by atoms with Gasteiger partial charge in [-0.2, -0.15) is 5.26 Å². The molecule has 0 saturated carbocycles. The molecule has 2 aromatic carbocycles. The van der Waals surface area contributed by atoms with E-state index in [2.05, 4.69) is 31.9 Å². The van der Waals surface area contributed by atoms with Crippen molar-refractivity contribution in [1.29, 1.82) is 5.26 Å². The molecule has 0 N–H and O–H groups in total. The fourth-order valence-corrected chi connectivity index (χ4v) is 5.95. The quantitative estimate of drug-likeness (QED) is 0.376. The number of hydrogen-bond donors (Lipinski definition) is 0. The molecule has 0 aliphatic carbocycles. The third-order valence-corrected chi connectivity index (χ3v) is 8.38. The molecular formula is C30H40N2O6. The minimum atomic E-state index is -0.754. The number of hydrogen-bond acceptors (Lipinski definition) is 8. The molecule has 0 radical (unpaired) electrons. The van der Waals surface area contributed by atoms with Crippen molar-refractivity contribution in [3.05, 3.63) is 35.4 Å². The Morgan fingerprint density at radius 3 is 2.03 bits per heavy atom. The fraction of sp³-hybridized carbons (Fsp3) is 0.567. The Kier molecular flexibility index (Phi) is 8.47. The van der Waals surface area contributed by atoms with Crippen LogP contribution in [0, 0.1) is 22.7 Å². The molecule has 206 valence electrons. The van der Waals surface area contributed by atoms with E-state index in [1.54, 1.807) is 28.4 Å². The first-order valence-corrected chi connectivity index (χ1v) is 13.3.